The van der Waals surface area contributed by atoms with E-state index in [1.165, 1.54) is 51.0 Å². The van der Waals surface area contributed by atoms with Gasteiger partial charge in [-0.1, -0.05) is 31.9 Å². The minimum Gasteiger partial charge on any atom is -0.366 e. The molecular weight excluding hydrogens is 375 g/mol. The standard InChI is InChI=1S/C22H28ClFN4/c1-3-14(2)11-28-12-15-8-18(9-16(15)13-28)25-22-7-6-21(26-27-22)19-10-17(24)4-5-20(19)23/h4-7,10,14-16,18H,3,8-9,11-13H2,1-2H3,(H,25,27)/t14?,15-,16+,18-. The summed E-state index contributed by atoms with van der Waals surface area (Å²) in [6.45, 7) is 8.32. The third-order valence-electron chi connectivity index (χ3n) is 6.31. The number of hydrogen-bond donors (Lipinski definition) is 1. The molecule has 150 valence electrons. The van der Waals surface area contributed by atoms with Crippen LogP contribution in [0.3, 0.4) is 0 Å². The van der Waals surface area contributed by atoms with Gasteiger partial charge in [-0.25, -0.2) is 4.39 Å². The zero-order chi connectivity index (χ0) is 19.7. The van der Waals surface area contributed by atoms with Gasteiger partial charge in [0.05, 0.1) is 10.7 Å². The van der Waals surface area contributed by atoms with E-state index in [4.69, 9.17) is 11.6 Å². The largest absolute Gasteiger partial charge is 0.366 e. The van der Waals surface area contributed by atoms with Gasteiger partial charge >= 0.3 is 0 Å². The van der Waals surface area contributed by atoms with E-state index in [0.29, 0.717) is 22.3 Å². The Bertz CT molecular complexity index is 799. The second-order valence-corrected chi connectivity index (χ2v) is 8.90. The summed E-state index contributed by atoms with van der Waals surface area (Å²) in [6, 6.07) is 8.49. The minimum atomic E-state index is -0.330. The number of likely N-dealkylation sites (tertiary alicyclic amines) is 1. The average molecular weight is 403 g/mol. The summed E-state index contributed by atoms with van der Waals surface area (Å²) in [6.07, 6.45) is 3.65. The van der Waals surface area contributed by atoms with Crippen molar-refractivity contribution in [3.8, 4) is 11.3 Å². The van der Waals surface area contributed by atoms with Crippen molar-refractivity contribution in [2.24, 2.45) is 17.8 Å². The van der Waals surface area contributed by atoms with Gasteiger partial charge in [0.1, 0.15) is 11.6 Å². The molecule has 1 saturated carbocycles. The zero-order valence-corrected chi connectivity index (χ0v) is 17.3. The number of aromatic nitrogens is 2. The van der Waals surface area contributed by atoms with Gasteiger partial charge in [-0.3, -0.25) is 0 Å². The van der Waals surface area contributed by atoms with Gasteiger partial charge in [0.2, 0.25) is 0 Å². The predicted molar refractivity (Wildman–Crippen MR) is 112 cm³/mol. The second kappa shape index (κ2) is 8.34. The lowest BCUT2D eigenvalue weighted by Gasteiger charge is -2.22. The number of anilines is 1. The van der Waals surface area contributed by atoms with Gasteiger partial charge in [-0.15, -0.1) is 10.2 Å². The van der Waals surface area contributed by atoms with E-state index in [-0.39, 0.29) is 5.82 Å². The van der Waals surface area contributed by atoms with Crippen molar-refractivity contribution in [1.29, 1.82) is 0 Å². The number of rotatable bonds is 6. The van der Waals surface area contributed by atoms with Gasteiger partial charge in [0.15, 0.2) is 0 Å². The molecule has 2 fully saturated rings. The molecule has 1 aliphatic carbocycles. The Morgan fingerprint density at radius 3 is 2.57 bits per heavy atom. The van der Waals surface area contributed by atoms with Gasteiger partial charge < -0.3 is 10.2 Å². The van der Waals surface area contributed by atoms with Crippen LogP contribution in [0.1, 0.15) is 33.1 Å². The fourth-order valence-corrected chi connectivity index (χ4v) is 4.90. The number of fused-ring (bicyclic) bond motifs is 1. The first-order chi connectivity index (χ1) is 13.5. The van der Waals surface area contributed by atoms with Gasteiger partial charge in [0, 0.05) is 31.2 Å². The maximum atomic E-state index is 13.5. The minimum absolute atomic E-state index is 0.330. The molecule has 28 heavy (non-hydrogen) atoms. The first kappa shape index (κ1) is 19.6. The molecular formula is C22H28ClFN4. The van der Waals surface area contributed by atoms with Crippen LogP contribution < -0.4 is 5.32 Å². The van der Waals surface area contributed by atoms with E-state index in [1.54, 1.807) is 6.07 Å². The molecule has 1 unspecified atom stereocenters. The lowest BCUT2D eigenvalue weighted by molar-refractivity contribution is 0.263. The second-order valence-electron chi connectivity index (χ2n) is 8.49. The van der Waals surface area contributed by atoms with Crippen LogP contribution in [0.25, 0.3) is 11.3 Å². The highest BCUT2D eigenvalue weighted by molar-refractivity contribution is 6.33. The monoisotopic (exact) mass is 402 g/mol. The molecule has 2 heterocycles. The van der Waals surface area contributed by atoms with Crippen LogP contribution in [0.2, 0.25) is 5.02 Å². The summed E-state index contributed by atoms with van der Waals surface area (Å²) in [7, 11) is 0. The molecule has 6 heteroatoms. The van der Waals surface area contributed by atoms with Gasteiger partial charge in [-0.05, 0) is 60.9 Å². The van der Waals surface area contributed by atoms with E-state index in [1.807, 2.05) is 12.1 Å². The summed E-state index contributed by atoms with van der Waals surface area (Å²) in [5, 5.41) is 12.6. The molecule has 0 bridgehead atoms. The summed E-state index contributed by atoms with van der Waals surface area (Å²) in [5.41, 5.74) is 1.15. The average Bonchev–Trinajstić information content (AvgIpc) is 3.22. The Morgan fingerprint density at radius 2 is 1.93 bits per heavy atom. The van der Waals surface area contributed by atoms with Crippen LogP contribution in [-0.4, -0.2) is 40.8 Å². The van der Waals surface area contributed by atoms with Gasteiger partial charge in [0.25, 0.3) is 0 Å². The van der Waals surface area contributed by atoms with Crippen molar-refractivity contribution < 1.29 is 4.39 Å². The molecule has 2 aliphatic rings. The van der Waals surface area contributed by atoms with Crippen molar-refractivity contribution >= 4 is 17.4 Å². The summed E-state index contributed by atoms with van der Waals surface area (Å²) in [5.74, 6) is 2.81. The predicted octanol–water partition coefficient (Wildman–Crippen LogP) is 5.10. The summed E-state index contributed by atoms with van der Waals surface area (Å²) in [4.78, 5) is 2.65. The van der Waals surface area contributed by atoms with E-state index in [2.05, 4.69) is 34.3 Å². The lowest BCUT2D eigenvalue weighted by Crippen LogP contribution is -2.29. The van der Waals surface area contributed by atoms with Gasteiger partial charge in [-0.2, -0.15) is 0 Å². The van der Waals surface area contributed by atoms with Crippen LogP contribution in [0.15, 0.2) is 30.3 Å². The van der Waals surface area contributed by atoms with Crippen molar-refractivity contribution in [1.82, 2.24) is 15.1 Å². The molecule has 0 spiro atoms. The fraction of sp³-hybridized carbons (Fsp3) is 0.545. The van der Waals surface area contributed by atoms with E-state index >= 15 is 0 Å². The maximum Gasteiger partial charge on any atom is 0.148 e. The van der Waals surface area contributed by atoms with E-state index < -0.39 is 0 Å². The number of nitrogens with zero attached hydrogens (tertiary/aromatic N) is 3. The Balaban J connectivity index is 1.34. The number of nitrogens with one attached hydrogen (secondary N) is 1. The Hall–Kier alpha value is -1.72. The molecule has 4 rings (SSSR count). The lowest BCUT2D eigenvalue weighted by atomic mass is 10.0. The number of benzene rings is 1. The topological polar surface area (TPSA) is 41.0 Å². The number of halogens is 2. The number of hydrogen-bond acceptors (Lipinski definition) is 4. The van der Waals surface area contributed by atoms with Crippen LogP contribution >= 0.6 is 11.6 Å². The zero-order valence-electron chi connectivity index (χ0n) is 16.5. The molecule has 4 nitrogen and oxygen atoms in total. The fourth-order valence-electron chi connectivity index (χ4n) is 4.69. The molecule has 0 amide bonds. The molecule has 1 N–H and O–H groups in total. The molecule has 1 saturated heterocycles. The first-order valence-electron chi connectivity index (χ1n) is 10.3. The summed E-state index contributed by atoms with van der Waals surface area (Å²) < 4.78 is 13.5. The first-order valence-corrected chi connectivity index (χ1v) is 10.7. The normalized spacial score (nSPS) is 25.6. The highest BCUT2D eigenvalue weighted by atomic mass is 35.5. The highest BCUT2D eigenvalue weighted by Gasteiger charge is 2.40. The molecule has 1 aromatic heterocycles. The van der Waals surface area contributed by atoms with Crippen molar-refractivity contribution in [3.63, 3.8) is 0 Å². The Kier molecular flexibility index (Phi) is 5.83. The Morgan fingerprint density at radius 1 is 1.18 bits per heavy atom. The molecule has 1 aliphatic heterocycles. The third kappa shape index (κ3) is 4.31. The van der Waals surface area contributed by atoms with Crippen LogP contribution in [-0.2, 0) is 0 Å². The third-order valence-corrected chi connectivity index (χ3v) is 6.64. The van der Waals surface area contributed by atoms with E-state index in [9.17, 15) is 4.39 Å². The van der Waals surface area contributed by atoms with Crippen LogP contribution in [0.4, 0.5) is 10.2 Å². The summed E-state index contributed by atoms with van der Waals surface area (Å²) >= 11 is 6.16. The van der Waals surface area contributed by atoms with Crippen LogP contribution in [0, 0.1) is 23.6 Å². The molecule has 1 aromatic carbocycles. The van der Waals surface area contributed by atoms with Crippen molar-refractivity contribution in [2.45, 2.75) is 39.2 Å². The van der Waals surface area contributed by atoms with E-state index in [0.717, 1.165) is 23.6 Å². The quantitative estimate of drug-likeness (QED) is 0.729. The SMILES string of the molecule is CCC(C)CN1C[C@H]2C[C@@H](Nc3ccc(-c4cc(F)ccc4Cl)nn3)C[C@H]2C1. The smallest absolute Gasteiger partial charge is 0.148 e. The molecule has 0 radical (unpaired) electrons. The molecule has 2 aromatic rings. The van der Waals surface area contributed by atoms with Crippen molar-refractivity contribution in [3.05, 3.63) is 41.2 Å². The molecule has 4 atom stereocenters. The van der Waals surface area contributed by atoms with Crippen LogP contribution in [0.5, 0.6) is 0 Å². The Labute approximate surface area is 171 Å². The van der Waals surface area contributed by atoms with Crippen molar-refractivity contribution in [2.75, 3.05) is 25.0 Å². The highest BCUT2D eigenvalue weighted by Crippen LogP contribution is 2.39. The maximum absolute atomic E-state index is 13.5.